The second-order valence-electron chi connectivity index (χ2n) is 8.65. The molecule has 2 aromatic rings. The van der Waals surface area contributed by atoms with E-state index in [-0.39, 0.29) is 36.5 Å². The molecule has 1 aliphatic rings. The summed E-state index contributed by atoms with van der Waals surface area (Å²) < 4.78 is 10.9. The molecule has 1 saturated heterocycles. The number of hydrogen-bond acceptors (Lipinski definition) is 5. The SMILES string of the molecule is CC(=O)O[C@@H]1CCN(C(=O)C(NC(=O)OCc2ccccc2)C(C)C)[C@H]1Cc1ccccc1. The molecule has 0 radical (unpaired) electrons. The number of esters is 1. The lowest BCUT2D eigenvalue weighted by atomic mass is 9.99. The molecule has 7 heteroatoms. The molecular formula is C26H32N2O5. The highest BCUT2D eigenvalue weighted by Crippen LogP contribution is 2.26. The summed E-state index contributed by atoms with van der Waals surface area (Å²) in [6, 6.07) is 18.1. The number of alkyl carbamates (subject to hydrolysis) is 1. The predicted molar refractivity (Wildman–Crippen MR) is 124 cm³/mol. The standard InChI is InChI=1S/C26H32N2O5/c1-18(2)24(27-26(31)32-17-21-12-8-5-9-13-21)25(30)28-15-14-23(33-19(3)29)22(28)16-20-10-6-4-7-11-20/h4-13,18,22-24H,14-17H2,1-3H3,(H,27,31)/t22-,23+,24?/m0/s1. The fraction of sp³-hybridized carbons (Fsp3) is 0.423. The number of ether oxygens (including phenoxy) is 2. The summed E-state index contributed by atoms with van der Waals surface area (Å²) in [5, 5.41) is 2.74. The maximum Gasteiger partial charge on any atom is 0.408 e. The number of rotatable bonds is 8. The first-order valence-electron chi connectivity index (χ1n) is 11.3. The fourth-order valence-corrected chi connectivity index (χ4v) is 4.13. The number of nitrogens with zero attached hydrogens (tertiary/aromatic N) is 1. The fourth-order valence-electron chi connectivity index (χ4n) is 4.13. The molecule has 1 unspecified atom stereocenters. The molecular weight excluding hydrogens is 420 g/mol. The molecule has 1 N–H and O–H groups in total. The van der Waals surface area contributed by atoms with Gasteiger partial charge < -0.3 is 19.7 Å². The second-order valence-corrected chi connectivity index (χ2v) is 8.65. The minimum atomic E-state index is -0.748. The minimum absolute atomic E-state index is 0.126. The summed E-state index contributed by atoms with van der Waals surface area (Å²) in [7, 11) is 0. The van der Waals surface area contributed by atoms with E-state index in [4.69, 9.17) is 9.47 Å². The Bertz CT molecular complexity index is 932. The average Bonchev–Trinajstić information content (AvgIpc) is 3.18. The van der Waals surface area contributed by atoms with Crippen LogP contribution >= 0.6 is 0 Å². The molecule has 1 heterocycles. The molecule has 0 aliphatic carbocycles. The van der Waals surface area contributed by atoms with Crippen molar-refractivity contribution in [3.05, 3.63) is 71.8 Å². The Hall–Kier alpha value is -3.35. The molecule has 0 aromatic heterocycles. The van der Waals surface area contributed by atoms with Crippen LogP contribution in [-0.2, 0) is 32.1 Å². The van der Waals surface area contributed by atoms with Gasteiger partial charge in [-0.2, -0.15) is 0 Å². The van der Waals surface area contributed by atoms with E-state index in [9.17, 15) is 14.4 Å². The van der Waals surface area contributed by atoms with Gasteiger partial charge in [-0.05, 0) is 23.5 Å². The number of carbonyl (C=O) groups excluding carboxylic acids is 3. The van der Waals surface area contributed by atoms with E-state index >= 15 is 0 Å². The highest BCUT2D eigenvalue weighted by molar-refractivity contribution is 5.86. The van der Waals surface area contributed by atoms with Gasteiger partial charge in [0.2, 0.25) is 5.91 Å². The molecule has 1 fully saturated rings. The summed E-state index contributed by atoms with van der Waals surface area (Å²) in [5.41, 5.74) is 1.92. The second kappa shape index (κ2) is 11.5. The van der Waals surface area contributed by atoms with Crippen molar-refractivity contribution in [2.75, 3.05) is 6.54 Å². The Morgan fingerprint density at radius 2 is 1.61 bits per heavy atom. The highest BCUT2D eigenvalue weighted by atomic mass is 16.6. The summed E-state index contributed by atoms with van der Waals surface area (Å²) in [6.45, 7) is 5.72. The zero-order valence-electron chi connectivity index (χ0n) is 19.4. The van der Waals surface area contributed by atoms with E-state index < -0.39 is 12.1 Å². The number of carbonyl (C=O) groups is 3. The normalized spacial score (nSPS) is 18.6. The number of amides is 2. The molecule has 0 saturated carbocycles. The van der Waals surface area contributed by atoms with Crippen LogP contribution in [0.2, 0.25) is 0 Å². The summed E-state index contributed by atoms with van der Waals surface area (Å²) >= 11 is 0. The van der Waals surface area contributed by atoms with Crippen LogP contribution in [0.3, 0.4) is 0 Å². The van der Waals surface area contributed by atoms with Gasteiger partial charge in [0.05, 0.1) is 6.04 Å². The maximum atomic E-state index is 13.5. The van der Waals surface area contributed by atoms with Gasteiger partial charge >= 0.3 is 12.1 Å². The van der Waals surface area contributed by atoms with Gasteiger partial charge in [-0.15, -0.1) is 0 Å². The topological polar surface area (TPSA) is 84.9 Å². The van der Waals surface area contributed by atoms with Crippen molar-refractivity contribution < 1.29 is 23.9 Å². The van der Waals surface area contributed by atoms with Crippen molar-refractivity contribution in [3.63, 3.8) is 0 Å². The number of likely N-dealkylation sites (tertiary alicyclic amines) is 1. The monoisotopic (exact) mass is 452 g/mol. The molecule has 3 rings (SSSR count). The van der Waals surface area contributed by atoms with Crippen LogP contribution in [0.5, 0.6) is 0 Å². The van der Waals surface area contributed by atoms with Crippen LogP contribution in [0.4, 0.5) is 4.79 Å². The molecule has 0 spiro atoms. The molecule has 2 aromatic carbocycles. The molecule has 33 heavy (non-hydrogen) atoms. The Balaban J connectivity index is 1.70. The van der Waals surface area contributed by atoms with E-state index in [1.165, 1.54) is 6.92 Å². The zero-order valence-corrected chi connectivity index (χ0v) is 19.4. The Kier molecular flexibility index (Phi) is 8.46. The summed E-state index contributed by atoms with van der Waals surface area (Å²) in [4.78, 5) is 39.4. The minimum Gasteiger partial charge on any atom is -0.460 e. The number of nitrogens with one attached hydrogen (secondary N) is 1. The predicted octanol–water partition coefficient (Wildman–Crippen LogP) is 3.71. The third-order valence-electron chi connectivity index (χ3n) is 5.79. The summed E-state index contributed by atoms with van der Waals surface area (Å²) in [5.74, 6) is -0.709. The number of hydrogen-bond donors (Lipinski definition) is 1. The van der Waals surface area contributed by atoms with Crippen molar-refractivity contribution in [2.24, 2.45) is 5.92 Å². The Morgan fingerprint density at radius 1 is 1.00 bits per heavy atom. The van der Waals surface area contributed by atoms with Crippen molar-refractivity contribution in [1.29, 1.82) is 0 Å². The van der Waals surface area contributed by atoms with Crippen molar-refractivity contribution in [2.45, 2.75) is 58.4 Å². The lowest BCUT2D eigenvalue weighted by molar-refractivity contribution is -0.149. The van der Waals surface area contributed by atoms with Gasteiger partial charge in [0.15, 0.2) is 0 Å². The Morgan fingerprint density at radius 3 is 2.18 bits per heavy atom. The zero-order chi connectivity index (χ0) is 23.8. The first-order valence-corrected chi connectivity index (χ1v) is 11.3. The van der Waals surface area contributed by atoms with E-state index in [1.807, 2.05) is 74.5 Å². The van der Waals surface area contributed by atoms with Crippen LogP contribution in [0.1, 0.15) is 38.3 Å². The van der Waals surface area contributed by atoms with Gasteiger partial charge in [0, 0.05) is 19.9 Å². The van der Waals surface area contributed by atoms with Gasteiger partial charge in [-0.25, -0.2) is 4.79 Å². The van der Waals surface area contributed by atoms with Crippen LogP contribution in [0.25, 0.3) is 0 Å². The van der Waals surface area contributed by atoms with Gasteiger partial charge in [0.1, 0.15) is 18.8 Å². The van der Waals surface area contributed by atoms with E-state index in [0.717, 1.165) is 11.1 Å². The summed E-state index contributed by atoms with van der Waals surface area (Å²) in [6.07, 6.45) is 0.102. The first kappa shape index (κ1) is 24.3. The quantitative estimate of drug-likeness (QED) is 0.617. The molecule has 3 atom stereocenters. The molecule has 0 bridgehead atoms. The maximum absolute atomic E-state index is 13.5. The molecule has 1 aliphatic heterocycles. The van der Waals surface area contributed by atoms with Gasteiger partial charge in [-0.1, -0.05) is 74.5 Å². The molecule has 176 valence electrons. The van der Waals surface area contributed by atoms with E-state index in [2.05, 4.69) is 5.32 Å². The third-order valence-corrected chi connectivity index (χ3v) is 5.79. The van der Waals surface area contributed by atoms with E-state index in [0.29, 0.717) is 19.4 Å². The number of benzene rings is 2. The Labute approximate surface area is 195 Å². The lowest BCUT2D eigenvalue weighted by Gasteiger charge is -2.32. The first-order chi connectivity index (χ1) is 15.8. The van der Waals surface area contributed by atoms with E-state index in [1.54, 1.807) is 4.90 Å². The van der Waals surface area contributed by atoms with Crippen molar-refractivity contribution in [1.82, 2.24) is 10.2 Å². The highest BCUT2D eigenvalue weighted by Gasteiger charge is 2.42. The van der Waals surface area contributed by atoms with Crippen molar-refractivity contribution >= 4 is 18.0 Å². The molecule has 7 nitrogen and oxygen atoms in total. The van der Waals surface area contributed by atoms with Crippen LogP contribution < -0.4 is 5.32 Å². The average molecular weight is 453 g/mol. The van der Waals surface area contributed by atoms with Gasteiger partial charge in [0.25, 0.3) is 0 Å². The van der Waals surface area contributed by atoms with Gasteiger partial charge in [-0.3, -0.25) is 9.59 Å². The molecule has 2 amide bonds. The lowest BCUT2D eigenvalue weighted by Crippen LogP contribution is -2.54. The third kappa shape index (κ3) is 6.81. The van der Waals surface area contributed by atoms with Crippen LogP contribution in [-0.4, -0.2) is 47.6 Å². The smallest absolute Gasteiger partial charge is 0.408 e. The largest absolute Gasteiger partial charge is 0.460 e. The van der Waals surface area contributed by atoms with Crippen LogP contribution in [0, 0.1) is 5.92 Å². The van der Waals surface area contributed by atoms with Crippen LogP contribution in [0.15, 0.2) is 60.7 Å². The van der Waals surface area contributed by atoms with Crippen molar-refractivity contribution in [3.8, 4) is 0 Å².